The lowest BCUT2D eigenvalue weighted by Crippen LogP contribution is -2.65. The van der Waals surface area contributed by atoms with Gasteiger partial charge in [-0.3, -0.25) is 19.4 Å². The predicted octanol–water partition coefficient (Wildman–Crippen LogP) is 2.11. The number of aliphatic hydroxyl groups is 1. The summed E-state index contributed by atoms with van der Waals surface area (Å²) in [4.78, 5) is 53.8. The number of aliphatic hydroxyl groups excluding tert-OH is 1. The summed E-state index contributed by atoms with van der Waals surface area (Å²) in [6.45, 7) is 12.1. The van der Waals surface area contributed by atoms with E-state index in [0.29, 0.717) is 32.1 Å². The van der Waals surface area contributed by atoms with Gasteiger partial charge in [-0.15, -0.1) is 0 Å². The highest BCUT2D eigenvalue weighted by Gasteiger charge is 2.53. The van der Waals surface area contributed by atoms with Gasteiger partial charge in [-0.25, -0.2) is 4.79 Å². The molecule has 0 saturated carbocycles. The lowest BCUT2D eigenvalue weighted by Gasteiger charge is -2.50. The number of allylic oxidation sites excluding steroid dienone is 5. The second-order valence-electron chi connectivity index (χ2n) is 14.7. The SMILES string of the molecule is C=C1C[C@](OC)([C@H](O)C(=O)N[C@H]2OCO[C@@H]3CC(C)(C)[C@@H](CC(=O)CCC/C=C/C=C/C=C/C(=O)N[C@@H](CCCN=C(N)N)C(=O)O)O[C@@H]32)O[C@H](C)[C@@H]1C. The molecule has 3 fully saturated rings. The molecule has 16 heteroatoms. The van der Waals surface area contributed by atoms with Crippen LogP contribution in [0, 0.1) is 11.3 Å². The van der Waals surface area contributed by atoms with Crippen molar-refractivity contribution in [2.24, 2.45) is 27.8 Å². The first-order valence-corrected chi connectivity index (χ1v) is 18.4. The third kappa shape index (κ3) is 12.8. The van der Waals surface area contributed by atoms with Gasteiger partial charge in [0.15, 0.2) is 18.3 Å². The Balaban J connectivity index is 1.45. The maximum Gasteiger partial charge on any atom is 0.326 e. The maximum atomic E-state index is 13.4. The molecule has 54 heavy (non-hydrogen) atoms. The number of hydrogen-bond acceptors (Lipinski definition) is 11. The van der Waals surface area contributed by atoms with E-state index in [-0.39, 0.29) is 56.4 Å². The van der Waals surface area contributed by atoms with E-state index < -0.39 is 65.7 Å². The number of ether oxygens (including phenoxy) is 5. The zero-order chi connectivity index (χ0) is 40.1. The number of hydrogen-bond donors (Lipinski definition) is 6. The highest BCUT2D eigenvalue weighted by atomic mass is 16.7. The van der Waals surface area contributed by atoms with Crippen LogP contribution in [0.25, 0.3) is 0 Å². The van der Waals surface area contributed by atoms with Gasteiger partial charge >= 0.3 is 5.97 Å². The van der Waals surface area contributed by atoms with Crippen molar-refractivity contribution >= 4 is 29.5 Å². The molecule has 0 spiro atoms. The van der Waals surface area contributed by atoms with E-state index in [0.717, 1.165) is 5.57 Å². The van der Waals surface area contributed by atoms with Crippen LogP contribution < -0.4 is 22.1 Å². The number of carboxylic acids is 1. The Hall–Kier alpha value is -3.93. The molecule has 3 saturated heterocycles. The molecule has 302 valence electrons. The highest BCUT2D eigenvalue weighted by Crippen LogP contribution is 2.42. The lowest BCUT2D eigenvalue weighted by atomic mass is 9.75. The minimum atomic E-state index is -1.68. The number of unbranched alkanes of at least 4 members (excludes halogenated alkanes) is 1. The first-order valence-electron chi connectivity index (χ1n) is 18.4. The summed E-state index contributed by atoms with van der Waals surface area (Å²) in [6, 6.07) is -1.06. The molecule has 3 rings (SSSR count). The topological polar surface area (TPSA) is 243 Å². The minimum absolute atomic E-state index is 0.0290. The normalized spacial score (nSPS) is 29.4. The summed E-state index contributed by atoms with van der Waals surface area (Å²) in [5, 5.41) is 25.7. The molecular weight excluding hydrogens is 702 g/mol. The number of guanidine groups is 1. The average Bonchev–Trinajstić information content (AvgIpc) is 3.10. The fourth-order valence-corrected chi connectivity index (χ4v) is 6.62. The van der Waals surface area contributed by atoms with Crippen LogP contribution in [0.4, 0.5) is 0 Å². The number of nitrogens with zero attached hydrogens (tertiary/aromatic N) is 1. The van der Waals surface area contributed by atoms with E-state index in [1.54, 1.807) is 18.2 Å². The zero-order valence-corrected chi connectivity index (χ0v) is 32.0. The number of nitrogens with one attached hydrogen (secondary N) is 2. The van der Waals surface area contributed by atoms with E-state index in [1.807, 2.05) is 33.8 Å². The Morgan fingerprint density at radius 3 is 2.50 bits per heavy atom. The summed E-state index contributed by atoms with van der Waals surface area (Å²) in [5.74, 6) is -4.05. The Labute approximate surface area is 317 Å². The van der Waals surface area contributed by atoms with Crippen LogP contribution >= 0.6 is 0 Å². The number of methoxy groups -OCH3 is 1. The van der Waals surface area contributed by atoms with Crippen molar-refractivity contribution in [3.05, 3.63) is 48.6 Å². The van der Waals surface area contributed by atoms with E-state index in [1.165, 1.54) is 19.3 Å². The number of carbonyl (C=O) groups is 4. The fraction of sp³-hybridized carbons (Fsp3) is 0.658. The van der Waals surface area contributed by atoms with E-state index >= 15 is 0 Å². The summed E-state index contributed by atoms with van der Waals surface area (Å²) >= 11 is 0. The van der Waals surface area contributed by atoms with E-state index in [2.05, 4.69) is 22.2 Å². The zero-order valence-electron chi connectivity index (χ0n) is 32.0. The quantitative estimate of drug-likeness (QED) is 0.0276. The van der Waals surface area contributed by atoms with Crippen LogP contribution in [0.3, 0.4) is 0 Å². The van der Waals surface area contributed by atoms with Crippen LogP contribution in [-0.2, 0) is 42.9 Å². The number of fused-ring (bicyclic) bond motifs is 1. The smallest absolute Gasteiger partial charge is 0.326 e. The van der Waals surface area contributed by atoms with Crippen molar-refractivity contribution < 1.29 is 53.1 Å². The van der Waals surface area contributed by atoms with Gasteiger partial charge in [0.05, 0.1) is 18.3 Å². The third-order valence-corrected chi connectivity index (χ3v) is 10.1. The summed E-state index contributed by atoms with van der Waals surface area (Å²) in [5.41, 5.74) is 10.9. The average molecular weight is 762 g/mol. The number of carboxylic acid groups (broad SMARTS) is 1. The molecule has 8 N–H and O–H groups in total. The van der Waals surface area contributed by atoms with Crippen LogP contribution in [-0.4, -0.2) is 109 Å². The Morgan fingerprint density at radius 1 is 1.11 bits per heavy atom. The Kier molecular flexibility index (Phi) is 17.0. The molecule has 0 bridgehead atoms. The van der Waals surface area contributed by atoms with E-state index in [9.17, 15) is 29.4 Å². The van der Waals surface area contributed by atoms with Crippen molar-refractivity contribution in [2.45, 2.75) is 128 Å². The number of nitrogens with two attached hydrogens (primary N) is 2. The third-order valence-electron chi connectivity index (χ3n) is 10.1. The summed E-state index contributed by atoms with van der Waals surface area (Å²) in [6.07, 6.45) is 8.35. The molecule has 2 amide bonds. The largest absolute Gasteiger partial charge is 0.480 e. The van der Waals surface area contributed by atoms with Crippen LogP contribution in [0.15, 0.2) is 53.6 Å². The maximum absolute atomic E-state index is 13.4. The molecule has 0 aliphatic carbocycles. The van der Waals surface area contributed by atoms with Crippen molar-refractivity contribution in [2.75, 3.05) is 20.4 Å². The molecule has 0 aromatic heterocycles. The first-order chi connectivity index (χ1) is 25.5. The van der Waals surface area contributed by atoms with Crippen molar-refractivity contribution in [1.29, 1.82) is 0 Å². The summed E-state index contributed by atoms with van der Waals surface area (Å²) < 4.78 is 29.6. The molecule has 0 unspecified atom stereocenters. The first kappa shape index (κ1) is 44.5. The molecule has 16 nitrogen and oxygen atoms in total. The van der Waals surface area contributed by atoms with Gasteiger partial charge in [0, 0.05) is 44.9 Å². The number of ketones is 1. The molecular formula is C38H59N5O11. The number of aliphatic carboxylic acids is 1. The highest BCUT2D eigenvalue weighted by molar-refractivity contribution is 5.91. The molecule has 9 atom stereocenters. The predicted molar refractivity (Wildman–Crippen MR) is 199 cm³/mol. The van der Waals surface area contributed by atoms with Gasteiger partial charge in [0.2, 0.25) is 11.7 Å². The van der Waals surface area contributed by atoms with Crippen LogP contribution in [0.2, 0.25) is 0 Å². The van der Waals surface area contributed by atoms with Crippen LogP contribution in [0.1, 0.15) is 79.1 Å². The molecule has 3 aliphatic rings. The Bertz CT molecular complexity index is 1440. The fourth-order valence-electron chi connectivity index (χ4n) is 6.62. The van der Waals surface area contributed by atoms with Crippen LogP contribution in [0.5, 0.6) is 0 Å². The molecule has 3 heterocycles. The standard InChI is InChI=1S/C38H59N5O11/c1-23-20-38(50-6,54-25(3)24(23)2)32(46)33(47)43-34-31-28(51-22-52-34)21-37(4,5)29(53-31)19-26(44)15-12-10-8-7-9-11-13-17-30(45)42-27(35(48)49)16-14-18-41-36(39)40/h7-9,11,13,17,24-25,27-29,31-32,34,46H,1,10,12,14-16,18-22H2,2-6H3,(H,42,45)(H,43,47)(H,48,49)(H4,39,40,41)/b8-7+,11-9+,17-13+/t24-,25-,27+,28-,29-,31+,32-,34+,38-/m1/s1. The number of Topliss-reactive ketones (excluding diaryl/α,β-unsaturated/α-hetero) is 1. The molecule has 0 aromatic carbocycles. The molecule has 0 aromatic rings. The number of amides is 2. The lowest BCUT2D eigenvalue weighted by molar-refractivity contribution is -0.305. The number of rotatable bonds is 19. The minimum Gasteiger partial charge on any atom is -0.480 e. The van der Waals surface area contributed by atoms with Crippen molar-refractivity contribution in [3.63, 3.8) is 0 Å². The second-order valence-corrected chi connectivity index (χ2v) is 14.7. The van der Waals surface area contributed by atoms with E-state index in [4.69, 9.17) is 35.2 Å². The van der Waals surface area contributed by atoms with Gasteiger partial charge in [-0.05, 0) is 44.4 Å². The van der Waals surface area contributed by atoms with Gasteiger partial charge in [0.1, 0.15) is 24.7 Å². The molecule has 0 radical (unpaired) electrons. The number of aliphatic imine (C=N–C) groups is 1. The monoisotopic (exact) mass is 761 g/mol. The van der Waals surface area contributed by atoms with Crippen molar-refractivity contribution in [3.8, 4) is 0 Å². The molecule has 3 aliphatic heterocycles. The van der Waals surface area contributed by atoms with Gasteiger partial charge in [0.25, 0.3) is 5.91 Å². The van der Waals surface area contributed by atoms with Gasteiger partial charge in [-0.2, -0.15) is 0 Å². The number of carbonyl (C=O) groups excluding carboxylic acids is 3. The second kappa shape index (κ2) is 20.7. The van der Waals surface area contributed by atoms with Gasteiger partial charge < -0.3 is 56.0 Å². The van der Waals surface area contributed by atoms with Crippen molar-refractivity contribution in [1.82, 2.24) is 10.6 Å². The summed E-state index contributed by atoms with van der Waals surface area (Å²) in [7, 11) is 1.38. The van der Waals surface area contributed by atoms with Gasteiger partial charge in [-0.1, -0.05) is 63.3 Å². The Morgan fingerprint density at radius 2 is 1.83 bits per heavy atom.